The van der Waals surface area contributed by atoms with Gasteiger partial charge in [0, 0.05) is 24.2 Å². The number of hydrogen-bond acceptors (Lipinski definition) is 6. The van der Waals surface area contributed by atoms with Crippen LogP contribution < -0.4 is 19.5 Å². The van der Waals surface area contributed by atoms with Gasteiger partial charge < -0.3 is 19.5 Å². The third-order valence-electron chi connectivity index (χ3n) is 3.15. The van der Waals surface area contributed by atoms with Gasteiger partial charge in [-0.3, -0.25) is 0 Å². The van der Waals surface area contributed by atoms with Gasteiger partial charge in [-0.05, 0) is 6.42 Å². The fourth-order valence-electron chi connectivity index (χ4n) is 2.07. The Kier molecular flexibility index (Phi) is 5.66. The number of anilines is 1. The molecule has 1 heterocycles. The standard InChI is InChI=1S/C15H18ClN3O3/c1-20-10-6-13(21-2)11(14(7-10)22-3)4-5-18-15-12(16)8-17-9-19-15/h6-9H,4-5H2,1-3H3,(H,17,18,19). The van der Waals surface area contributed by atoms with Crippen molar-refractivity contribution in [1.29, 1.82) is 0 Å². The highest BCUT2D eigenvalue weighted by atomic mass is 35.5. The maximum Gasteiger partial charge on any atom is 0.148 e. The molecule has 0 amide bonds. The number of hydrogen-bond donors (Lipinski definition) is 1. The van der Waals surface area contributed by atoms with Crippen LogP contribution in [0.4, 0.5) is 5.82 Å². The summed E-state index contributed by atoms with van der Waals surface area (Å²) in [6.07, 6.45) is 3.67. The Balaban J connectivity index is 2.13. The molecule has 0 bridgehead atoms. The molecule has 2 rings (SSSR count). The highest BCUT2D eigenvalue weighted by Crippen LogP contribution is 2.34. The number of rotatable bonds is 7. The quantitative estimate of drug-likeness (QED) is 0.845. The molecule has 1 N–H and O–H groups in total. The van der Waals surface area contributed by atoms with E-state index < -0.39 is 0 Å². The van der Waals surface area contributed by atoms with Crippen LogP contribution in [-0.4, -0.2) is 37.8 Å². The first-order valence-electron chi connectivity index (χ1n) is 6.67. The first kappa shape index (κ1) is 16.2. The largest absolute Gasteiger partial charge is 0.496 e. The molecule has 1 aromatic carbocycles. The van der Waals surface area contributed by atoms with Gasteiger partial charge in [-0.2, -0.15) is 0 Å². The summed E-state index contributed by atoms with van der Waals surface area (Å²) in [5.41, 5.74) is 0.948. The topological polar surface area (TPSA) is 65.5 Å². The van der Waals surface area contributed by atoms with E-state index in [0.29, 0.717) is 41.1 Å². The molecule has 0 atom stereocenters. The maximum atomic E-state index is 6.01. The van der Waals surface area contributed by atoms with Crippen molar-refractivity contribution in [1.82, 2.24) is 9.97 Å². The van der Waals surface area contributed by atoms with Crippen LogP contribution in [0.3, 0.4) is 0 Å². The van der Waals surface area contributed by atoms with E-state index in [1.807, 2.05) is 12.1 Å². The molecule has 0 unspecified atom stereocenters. The van der Waals surface area contributed by atoms with Gasteiger partial charge >= 0.3 is 0 Å². The molecule has 0 radical (unpaired) electrons. The summed E-state index contributed by atoms with van der Waals surface area (Å²) in [4.78, 5) is 7.93. The molecular weight excluding hydrogens is 306 g/mol. The third kappa shape index (κ3) is 3.71. The Bertz CT molecular complexity index is 612. The van der Waals surface area contributed by atoms with Crippen molar-refractivity contribution in [3.8, 4) is 17.2 Å². The monoisotopic (exact) mass is 323 g/mol. The second kappa shape index (κ2) is 7.70. The molecule has 0 aliphatic heterocycles. The van der Waals surface area contributed by atoms with Crippen LogP contribution in [0.15, 0.2) is 24.7 Å². The molecule has 2 aromatic rings. The number of methoxy groups -OCH3 is 3. The summed E-state index contributed by atoms with van der Waals surface area (Å²) in [7, 11) is 4.84. The lowest BCUT2D eigenvalue weighted by Crippen LogP contribution is -2.09. The Labute approximate surface area is 134 Å². The van der Waals surface area contributed by atoms with E-state index in [1.54, 1.807) is 27.5 Å². The summed E-state index contributed by atoms with van der Waals surface area (Å²) in [5, 5.41) is 3.65. The van der Waals surface area contributed by atoms with Crippen LogP contribution >= 0.6 is 11.6 Å². The predicted octanol–water partition coefficient (Wildman–Crippen LogP) is 2.81. The average Bonchev–Trinajstić information content (AvgIpc) is 2.56. The molecule has 0 fully saturated rings. The zero-order valence-corrected chi connectivity index (χ0v) is 13.5. The summed E-state index contributed by atoms with van der Waals surface area (Å²) < 4.78 is 16.1. The average molecular weight is 324 g/mol. The second-order valence-electron chi connectivity index (χ2n) is 4.41. The molecular formula is C15H18ClN3O3. The third-order valence-corrected chi connectivity index (χ3v) is 3.43. The summed E-state index contributed by atoms with van der Waals surface area (Å²) in [6.45, 7) is 0.621. The zero-order chi connectivity index (χ0) is 15.9. The molecule has 1 aromatic heterocycles. The van der Waals surface area contributed by atoms with E-state index in [4.69, 9.17) is 25.8 Å². The van der Waals surface area contributed by atoms with E-state index >= 15 is 0 Å². The lowest BCUT2D eigenvalue weighted by molar-refractivity contribution is 0.369. The van der Waals surface area contributed by atoms with Crippen LogP contribution in [0.25, 0.3) is 0 Å². The van der Waals surface area contributed by atoms with Gasteiger partial charge in [0.1, 0.15) is 34.4 Å². The molecule has 0 aliphatic rings. The lowest BCUT2D eigenvalue weighted by Gasteiger charge is -2.15. The maximum absolute atomic E-state index is 6.01. The van der Waals surface area contributed by atoms with E-state index in [-0.39, 0.29) is 0 Å². The highest BCUT2D eigenvalue weighted by Gasteiger charge is 2.13. The zero-order valence-electron chi connectivity index (χ0n) is 12.7. The van der Waals surface area contributed by atoms with Crippen molar-refractivity contribution in [2.45, 2.75) is 6.42 Å². The van der Waals surface area contributed by atoms with E-state index in [9.17, 15) is 0 Å². The molecule has 7 heteroatoms. The molecule has 22 heavy (non-hydrogen) atoms. The van der Waals surface area contributed by atoms with Crippen molar-refractivity contribution in [3.05, 3.63) is 35.2 Å². The minimum atomic E-state index is 0.483. The SMILES string of the molecule is COc1cc(OC)c(CCNc2ncncc2Cl)c(OC)c1. The fourth-order valence-corrected chi connectivity index (χ4v) is 2.24. The van der Waals surface area contributed by atoms with Crippen molar-refractivity contribution in [2.24, 2.45) is 0 Å². The first-order valence-corrected chi connectivity index (χ1v) is 7.05. The molecule has 0 aliphatic carbocycles. The van der Waals surface area contributed by atoms with Crippen molar-refractivity contribution in [3.63, 3.8) is 0 Å². The first-order chi connectivity index (χ1) is 10.7. The Morgan fingerprint density at radius 2 is 1.77 bits per heavy atom. The molecule has 6 nitrogen and oxygen atoms in total. The van der Waals surface area contributed by atoms with Crippen LogP contribution in [-0.2, 0) is 6.42 Å². The molecule has 0 saturated heterocycles. The predicted molar refractivity (Wildman–Crippen MR) is 85.3 cm³/mol. The minimum Gasteiger partial charge on any atom is -0.496 e. The van der Waals surface area contributed by atoms with Gasteiger partial charge in [0.25, 0.3) is 0 Å². The number of nitrogens with zero attached hydrogens (tertiary/aromatic N) is 2. The Morgan fingerprint density at radius 3 is 2.32 bits per heavy atom. The van der Waals surface area contributed by atoms with Crippen molar-refractivity contribution in [2.75, 3.05) is 33.2 Å². The fraction of sp³-hybridized carbons (Fsp3) is 0.333. The van der Waals surface area contributed by atoms with E-state index in [0.717, 1.165) is 5.56 Å². The van der Waals surface area contributed by atoms with E-state index in [1.165, 1.54) is 6.33 Å². The molecule has 0 spiro atoms. The van der Waals surface area contributed by atoms with Gasteiger partial charge in [0.2, 0.25) is 0 Å². The highest BCUT2D eigenvalue weighted by molar-refractivity contribution is 6.32. The Hall–Kier alpha value is -2.21. The number of benzene rings is 1. The number of nitrogens with one attached hydrogen (secondary N) is 1. The van der Waals surface area contributed by atoms with Gasteiger partial charge in [0.15, 0.2) is 0 Å². The van der Waals surface area contributed by atoms with Crippen molar-refractivity contribution < 1.29 is 14.2 Å². The summed E-state index contributed by atoms with van der Waals surface area (Å²) >= 11 is 6.01. The van der Waals surface area contributed by atoms with Crippen LogP contribution in [0.5, 0.6) is 17.2 Å². The smallest absolute Gasteiger partial charge is 0.148 e. The molecule has 118 valence electrons. The lowest BCUT2D eigenvalue weighted by atomic mass is 10.1. The van der Waals surface area contributed by atoms with Gasteiger partial charge in [-0.25, -0.2) is 9.97 Å². The van der Waals surface area contributed by atoms with Crippen LogP contribution in [0.1, 0.15) is 5.56 Å². The Morgan fingerprint density at radius 1 is 1.09 bits per heavy atom. The minimum absolute atomic E-state index is 0.483. The number of ether oxygens (including phenoxy) is 3. The molecule has 0 saturated carbocycles. The second-order valence-corrected chi connectivity index (χ2v) is 4.81. The van der Waals surface area contributed by atoms with Gasteiger partial charge in [-0.1, -0.05) is 11.6 Å². The number of aromatic nitrogens is 2. The van der Waals surface area contributed by atoms with Crippen LogP contribution in [0, 0.1) is 0 Å². The summed E-state index contributed by atoms with van der Waals surface area (Å²) in [5.74, 6) is 2.71. The van der Waals surface area contributed by atoms with Crippen LogP contribution in [0.2, 0.25) is 5.02 Å². The van der Waals surface area contributed by atoms with E-state index in [2.05, 4.69) is 15.3 Å². The normalized spacial score (nSPS) is 10.2. The summed E-state index contributed by atoms with van der Waals surface area (Å²) in [6, 6.07) is 3.66. The van der Waals surface area contributed by atoms with Gasteiger partial charge in [-0.15, -0.1) is 0 Å². The van der Waals surface area contributed by atoms with Gasteiger partial charge in [0.05, 0.1) is 27.5 Å². The van der Waals surface area contributed by atoms with Crippen molar-refractivity contribution >= 4 is 17.4 Å². The number of halogens is 1.